The van der Waals surface area contributed by atoms with Crippen LogP contribution in [-0.4, -0.2) is 50.2 Å². The Labute approximate surface area is 160 Å². The van der Waals surface area contributed by atoms with E-state index in [-0.39, 0.29) is 11.8 Å². The van der Waals surface area contributed by atoms with Gasteiger partial charge in [-0.25, -0.2) is 4.98 Å². The Bertz CT molecular complexity index is 790. The molecule has 2 aromatic heterocycles. The van der Waals surface area contributed by atoms with Crippen LogP contribution in [0.25, 0.3) is 0 Å². The van der Waals surface area contributed by atoms with Crippen molar-refractivity contribution in [3.8, 4) is 0 Å². The van der Waals surface area contributed by atoms with Gasteiger partial charge in [-0.05, 0) is 45.1 Å². The van der Waals surface area contributed by atoms with E-state index in [1.54, 1.807) is 0 Å². The Morgan fingerprint density at radius 1 is 1.41 bits per heavy atom. The molecule has 0 spiro atoms. The molecule has 1 aliphatic carbocycles. The molecule has 4 rings (SSSR count). The first-order chi connectivity index (χ1) is 13.0. The van der Waals surface area contributed by atoms with E-state index in [1.807, 2.05) is 33.3 Å². The van der Waals surface area contributed by atoms with Crippen LogP contribution in [0.15, 0.2) is 12.4 Å². The van der Waals surface area contributed by atoms with Crippen LogP contribution in [0.5, 0.6) is 0 Å². The lowest BCUT2D eigenvalue weighted by atomic mass is 9.61. The van der Waals surface area contributed by atoms with E-state index >= 15 is 0 Å². The van der Waals surface area contributed by atoms with Gasteiger partial charge in [-0.15, -0.1) is 0 Å². The zero-order chi connectivity index (χ0) is 19.0. The van der Waals surface area contributed by atoms with Crippen LogP contribution in [0.1, 0.15) is 35.6 Å². The van der Waals surface area contributed by atoms with Crippen molar-refractivity contribution in [2.24, 2.45) is 24.8 Å². The molecule has 1 aliphatic heterocycles. The van der Waals surface area contributed by atoms with E-state index in [2.05, 4.69) is 30.0 Å². The zero-order valence-electron chi connectivity index (χ0n) is 16.5. The number of imidazole rings is 1. The van der Waals surface area contributed by atoms with Crippen molar-refractivity contribution in [2.45, 2.75) is 39.7 Å². The van der Waals surface area contributed by atoms with Crippen molar-refractivity contribution < 1.29 is 4.79 Å². The summed E-state index contributed by atoms with van der Waals surface area (Å²) in [4.78, 5) is 19.7. The third-order valence-corrected chi connectivity index (χ3v) is 6.59. The largest absolute Gasteiger partial charge is 0.352 e. The molecule has 2 N–H and O–H groups in total. The molecule has 2 fully saturated rings. The van der Waals surface area contributed by atoms with Crippen LogP contribution < -0.4 is 5.32 Å². The van der Waals surface area contributed by atoms with Gasteiger partial charge in [0, 0.05) is 62.7 Å². The monoisotopic (exact) mass is 370 g/mol. The highest BCUT2D eigenvalue weighted by Gasteiger charge is 2.47. The number of aromatic nitrogens is 4. The van der Waals surface area contributed by atoms with Crippen molar-refractivity contribution in [1.82, 2.24) is 30.0 Å². The maximum Gasteiger partial charge on any atom is 0.223 e. The summed E-state index contributed by atoms with van der Waals surface area (Å²) in [5.74, 6) is 2.74. The Kier molecular flexibility index (Phi) is 5.04. The number of H-pyrrole nitrogens is 1. The van der Waals surface area contributed by atoms with Gasteiger partial charge < -0.3 is 14.8 Å². The predicted octanol–water partition coefficient (Wildman–Crippen LogP) is 1.58. The minimum atomic E-state index is 0.165. The van der Waals surface area contributed by atoms with E-state index < -0.39 is 0 Å². The molecule has 1 saturated heterocycles. The number of hydrogen-bond acceptors (Lipinski definition) is 4. The number of amides is 1. The summed E-state index contributed by atoms with van der Waals surface area (Å²) in [7, 11) is 2.05. The second kappa shape index (κ2) is 7.46. The van der Waals surface area contributed by atoms with E-state index in [1.165, 1.54) is 6.42 Å². The third-order valence-electron chi connectivity index (χ3n) is 6.59. The molecule has 7 heteroatoms. The third kappa shape index (κ3) is 3.65. The number of aromatic amines is 1. The van der Waals surface area contributed by atoms with Gasteiger partial charge in [0.15, 0.2) is 0 Å². The molecular formula is C20H30N6O. The zero-order valence-corrected chi connectivity index (χ0v) is 16.5. The summed E-state index contributed by atoms with van der Waals surface area (Å²) in [5, 5.41) is 10.3. The molecule has 0 aromatic carbocycles. The van der Waals surface area contributed by atoms with Gasteiger partial charge in [-0.2, -0.15) is 5.10 Å². The number of fused-ring (bicyclic) bond motifs is 1. The molecule has 0 radical (unpaired) electrons. The summed E-state index contributed by atoms with van der Waals surface area (Å²) < 4.78 is 2.09. The average Bonchev–Trinajstić information content (AvgIpc) is 3.18. The molecule has 146 valence electrons. The average molecular weight is 371 g/mol. The highest BCUT2D eigenvalue weighted by Crippen LogP contribution is 2.45. The second-order valence-electron chi connectivity index (χ2n) is 8.19. The van der Waals surface area contributed by atoms with E-state index in [9.17, 15) is 4.79 Å². The Morgan fingerprint density at radius 2 is 2.26 bits per heavy atom. The number of piperidine rings is 1. The molecule has 0 unspecified atom stereocenters. The minimum absolute atomic E-state index is 0.165. The topological polar surface area (TPSA) is 78.8 Å². The lowest BCUT2D eigenvalue weighted by Gasteiger charge is -2.50. The highest BCUT2D eigenvalue weighted by atomic mass is 16.1. The van der Waals surface area contributed by atoms with Gasteiger partial charge in [0.2, 0.25) is 5.91 Å². The fourth-order valence-corrected chi connectivity index (χ4v) is 4.70. The molecule has 1 saturated carbocycles. The quantitative estimate of drug-likeness (QED) is 0.809. The molecule has 0 bridgehead atoms. The van der Waals surface area contributed by atoms with E-state index in [4.69, 9.17) is 0 Å². The number of nitrogens with one attached hydrogen (secondary N) is 2. The maximum atomic E-state index is 12.7. The fourth-order valence-electron chi connectivity index (χ4n) is 4.70. The molecule has 2 aromatic rings. The number of carbonyl (C=O) groups is 1. The summed E-state index contributed by atoms with van der Waals surface area (Å²) in [6, 6.07) is 0. The Balaban J connectivity index is 1.28. The van der Waals surface area contributed by atoms with E-state index in [0.29, 0.717) is 12.5 Å². The molecule has 3 heterocycles. The lowest BCUT2D eigenvalue weighted by molar-refractivity contribution is -0.137. The van der Waals surface area contributed by atoms with Crippen LogP contribution in [0.2, 0.25) is 0 Å². The summed E-state index contributed by atoms with van der Waals surface area (Å²) in [5.41, 5.74) is 3.12. The van der Waals surface area contributed by atoms with Crippen LogP contribution in [0, 0.1) is 31.6 Å². The number of likely N-dealkylation sites (tertiary alicyclic amines) is 1. The van der Waals surface area contributed by atoms with Gasteiger partial charge in [0.1, 0.15) is 5.82 Å². The van der Waals surface area contributed by atoms with Gasteiger partial charge >= 0.3 is 0 Å². The van der Waals surface area contributed by atoms with Crippen molar-refractivity contribution >= 4 is 5.91 Å². The fraction of sp³-hybridized carbons (Fsp3) is 0.650. The van der Waals surface area contributed by atoms with Gasteiger partial charge in [-0.3, -0.25) is 9.89 Å². The van der Waals surface area contributed by atoms with Crippen LogP contribution in [-0.2, 0) is 24.8 Å². The van der Waals surface area contributed by atoms with Crippen molar-refractivity contribution in [1.29, 1.82) is 0 Å². The molecule has 2 aliphatic rings. The van der Waals surface area contributed by atoms with Gasteiger partial charge in [-0.1, -0.05) is 0 Å². The number of aryl methyl sites for hydroxylation is 3. The Hall–Kier alpha value is -2.15. The number of rotatable bonds is 6. The predicted molar refractivity (Wildman–Crippen MR) is 103 cm³/mol. The van der Waals surface area contributed by atoms with Crippen molar-refractivity contribution in [3.05, 3.63) is 35.2 Å². The van der Waals surface area contributed by atoms with Crippen LogP contribution in [0.4, 0.5) is 0 Å². The number of carbonyl (C=O) groups excluding carboxylic acids is 1. The number of nitrogens with zero attached hydrogens (tertiary/aromatic N) is 4. The molecule has 7 nitrogen and oxygen atoms in total. The SMILES string of the molecule is Cc1n[nH]c(C)c1CNC(=O)[C@@H]1C[C@H]2CCN(CCc3nccn3C)C[C@H]21. The summed E-state index contributed by atoms with van der Waals surface area (Å²) in [6.07, 6.45) is 7.09. The smallest absolute Gasteiger partial charge is 0.223 e. The van der Waals surface area contributed by atoms with Crippen molar-refractivity contribution in [2.75, 3.05) is 19.6 Å². The first kappa shape index (κ1) is 18.2. The maximum absolute atomic E-state index is 12.7. The molecule has 27 heavy (non-hydrogen) atoms. The van der Waals surface area contributed by atoms with Crippen LogP contribution >= 0.6 is 0 Å². The molecule has 3 atom stereocenters. The van der Waals surface area contributed by atoms with Gasteiger partial charge in [0.25, 0.3) is 0 Å². The highest BCUT2D eigenvalue weighted by molar-refractivity contribution is 5.80. The Morgan fingerprint density at radius 3 is 2.96 bits per heavy atom. The first-order valence-corrected chi connectivity index (χ1v) is 9.99. The van der Waals surface area contributed by atoms with Gasteiger partial charge in [0.05, 0.1) is 5.69 Å². The summed E-state index contributed by atoms with van der Waals surface area (Å²) in [6.45, 7) is 7.76. The second-order valence-corrected chi connectivity index (χ2v) is 8.19. The van der Waals surface area contributed by atoms with Crippen LogP contribution in [0.3, 0.4) is 0 Å². The number of hydrogen-bond donors (Lipinski definition) is 2. The molecular weight excluding hydrogens is 340 g/mol. The standard InChI is InChI=1S/C20H30N6O/c1-13-17(14(2)24-23-13)11-22-20(27)16-10-15-4-7-26(12-18(15)16)8-5-19-21-6-9-25(19)3/h6,9,15-16,18H,4-5,7-8,10-12H2,1-3H3,(H,22,27)(H,23,24)/t15-,16-,18-/m1/s1. The lowest BCUT2D eigenvalue weighted by Crippen LogP contribution is -2.55. The normalized spacial score (nSPS) is 25.1. The summed E-state index contributed by atoms with van der Waals surface area (Å²) >= 11 is 0. The molecule has 1 amide bonds. The first-order valence-electron chi connectivity index (χ1n) is 9.99. The van der Waals surface area contributed by atoms with Crippen molar-refractivity contribution in [3.63, 3.8) is 0 Å². The van der Waals surface area contributed by atoms with E-state index in [0.717, 1.165) is 61.2 Å². The minimum Gasteiger partial charge on any atom is -0.352 e.